The molecule has 0 amide bonds. The summed E-state index contributed by atoms with van der Waals surface area (Å²) in [5.41, 5.74) is 1.40. The van der Waals surface area contributed by atoms with Crippen molar-refractivity contribution in [3.8, 4) is 17.1 Å². The first-order valence-corrected chi connectivity index (χ1v) is 6.63. The summed E-state index contributed by atoms with van der Waals surface area (Å²) in [6.07, 6.45) is 3.93. The summed E-state index contributed by atoms with van der Waals surface area (Å²) in [4.78, 5) is 14.6. The molecule has 2 aromatic heterocycles. The van der Waals surface area contributed by atoms with E-state index in [9.17, 15) is 9.18 Å². The lowest BCUT2D eigenvalue weighted by atomic mass is 10.1. The predicted molar refractivity (Wildman–Crippen MR) is 78.1 cm³/mol. The standard InChI is InChI=1S/C17H12FNO3/c18-15-8-13(16-6-4-14(10-20)22-16)3-5-17(15)21-11-12-2-1-7-19-9-12/h1-10H,11H2. The minimum absolute atomic E-state index is 0.148. The van der Waals surface area contributed by atoms with E-state index in [1.54, 1.807) is 30.6 Å². The average molecular weight is 297 g/mol. The van der Waals surface area contributed by atoms with E-state index in [4.69, 9.17) is 9.15 Å². The molecule has 0 spiro atoms. The maximum Gasteiger partial charge on any atom is 0.185 e. The Morgan fingerprint density at radius 1 is 1.23 bits per heavy atom. The van der Waals surface area contributed by atoms with Crippen LogP contribution in [-0.2, 0) is 6.61 Å². The molecular formula is C17H12FNO3. The first-order valence-electron chi connectivity index (χ1n) is 6.63. The van der Waals surface area contributed by atoms with E-state index in [1.165, 1.54) is 18.2 Å². The highest BCUT2D eigenvalue weighted by molar-refractivity contribution is 5.72. The van der Waals surface area contributed by atoms with E-state index >= 15 is 0 Å². The normalized spacial score (nSPS) is 10.4. The summed E-state index contributed by atoms with van der Waals surface area (Å²) >= 11 is 0. The van der Waals surface area contributed by atoms with Crippen LogP contribution in [0.5, 0.6) is 5.75 Å². The van der Waals surface area contributed by atoms with Crippen molar-refractivity contribution in [2.75, 3.05) is 0 Å². The Morgan fingerprint density at radius 3 is 2.82 bits per heavy atom. The van der Waals surface area contributed by atoms with Gasteiger partial charge < -0.3 is 9.15 Å². The van der Waals surface area contributed by atoms with Crippen LogP contribution in [0.3, 0.4) is 0 Å². The Morgan fingerprint density at radius 2 is 2.14 bits per heavy atom. The van der Waals surface area contributed by atoms with Gasteiger partial charge in [-0.15, -0.1) is 0 Å². The van der Waals surface area contributed by atoms with Crippen LogP contribution in [-0.4, -0.2) is 11.3 Å². The molecule has 0 aliphatic heterocycles. The van der Waals surface area contributed by atoms with E-state index in [0.717, 1.165) is 5.56 Å². The Labute approximate surface area is 126 Å². The summed E-state index contributed by atoms with van der Waals surface area (Å²) in [5, 5.41) is 0. The molecule has 0 fully saturated rings. The van der Waals surface area contributed by atoms with Crippen LogP contribution >= 0.6 is 0 Å². The summed E-state index contributed by atoms with van der Waals surface area (Å²) in [6.45, 7) is 0.236. The molecule has 0 radical (unpaired) electrons. The number of aldehydes is 1. The van der Waals surface area contributed by atoms with Crippen molar-refractivity contribution in [3.05, 3.63) is 72.0 Å². The summed E-state index contributed by atoms with van der Waals surface area (Å²) in [5.74, 6) is 0.285. The lowest BCUT2D eigenvalue weighted by Crippen LogP contribution is -1.97. The van der Waals surface area contributed by atoms with Gasteiger partial charge in [0.2, 0.25) is 0 Å². The van der Waals surface area contributed by atoms with Gasteiger partial charge in [-0.25, -0.2) is 4.39 Å². The summed E-state index contributed by atoms with van der Waals surface area (Å²) in [7, 11) is 0. The van der Waals surface area contributed by atoms with Crippen LogP contribution in [0.4, 0.5) is 4.39 Å². The maximum absolute atomic E-state index is 14.1. The number of ether oxygens (including phenoxy) is 1. The van der Waals surface area contributed by atoms with E-state index in [-0.39, 0.29) is 18.1 Å². The number of pyridine rings is 1. The topological polar surface area (TPSA) is 52.3 Å². The second-order valence-electron chi connectivity index (χ2n) is 4.62. The SMILES string of the molecule is O=Cc1ccc(-c2ccc(OCc3cccnc3)c(F)c2)o1. The van der Waals surface area contributed by atoms with Crippen molar-refractivity contribution in [2.45, 2.75) is 6.61 Å². The minimum Gasteiger partial charge on any atom is -0.486 e. The largest absolute Gasteiger partial charge is 0.486 e. The van der Waals surface area contributed by atoms with Crippen molar-refractivity contribution in [1.82, 2.24) is 4.98 Å². The fourth-order valence-corrected chi connectivity index (χ4v) is 1.99. The third kappa shape index (κ3) is 3.03. The first kappa shape index (κ1) is 14.0. The van der Waals surface area contributed by atoms with E-state index in [2.05, 4.69) is 4.98 Å². The molecule has 0 saturated carbocycles. The number of rotatable bonds is 5. The van der Waals surface area contributed by atoms with Crippen molar-refractivity contribution in [2.24, 2.45) is 0 Å². The van der Waals surface area contributed by atoms with Crippen molar-refractivity contribution < 1.29 is 18.3 Å². The number of carbonyl (C=O) groups excluding carboxylic acids is 1. The van der Waals surface area contributed by atoms with Gasteiger partial charge in [0.15, 0.2) is 23.6 Å². The van der Waals surface area contributed by atoms with Crippen molar-refractivity contribution >= 4 is 6.29 Å². The lowest BCUT2D eigenvalue weighted by molar-refractivity contribution is 0.110. The predicted octanol–water partition coefficient (Wildman–Crippen LogP) is 3.87. The average Bonchev–Trinajstić information content (AvgIpc) is 3.04. The molecule has 0 bridgehead atoms. The van der Waals surface area contributed by atoms with Crippen LogP contribution in [0, 0.1) is 5.82 Å². The Balaban J connectivity index is 1.76. The van der Waals surface area contributed by atoms with Crippen LogP contribution in [0.1, 0.15) is 16.1 Å². The Bertz CT molecular complexity index is 784. The van der Waals surface area contributed by atoms with Gasteiger partial charge in [0, 0.05) is 23.5 Å². The third-order valence-electron chi connectivity index (χ3n) is 3.08. The number of benzene rings is 1. The number of halogens is 1. The molecule has 0 unspecified atom stereocenters. The molecule has 110 valence electrons. The highest BCUT2D eigenvalue weighted by atomic mass is 19.1. The molecular weight excluding hydrogens is 285 g/mol. The molecule has 3 aromatic rings. The van der Waals surface area contributed by atoms with Crippen molar-refractivity contribution in [1.29, 1.82) is 0 Å². The monoisotopic (exact) mass is 297 g/mol. The molecule has 0 N–H and O–H groups in total. The molecule has 5 heteroatoms. The van der Waals surface area contributed by atoms with Gasteiger partial charge in [-0.05, 0) is 36.4 Å². The quantitative estimate of drug-likeness (QED) is 0.671. The zero-order chi connectivity index (χ0) is 15.4. The second-order valence-corrected chi connectivity index (χ2v) is 4.62. The molecule has 0 aliphatic rings. The van der Waals surface area contributed by atoms with Gasteiger partial charge in [0.05, 0.1) is 0 Å². The van der Waals surface area contributed by atoms with Gasteiger partial charge in [-0.1, -0.05) is 6.07 Å². The van der Waals surface area contributed by atoms with Crippen LogP contribution in [0.2, 0.25) is 0 Å². The minimum atomic E-state index is -0.495. The van der Waals surface area contributed by atoms with Crippen LogP contribution in [0.25, 0.3) is 11.3 Å². The zero-order valence-electron chi connectivity index (χ0n) is 11.5. The van der Waals surface area contributed by atoms with E-state index in [0.29, 0.717) is 17.6 Å². The molecule has 0 aliphatic carbocycles. The van der Waals surface area contributed by atoms with E-state index < -0.39 is 5.82 Å². The fourth-order valence-electron chi connectivity index (χ4n) is 1.99. The zero-order valence-corrected chi connectivity index (χ0v) is 11.5. The second kappa shape index (κ2) is 6.22. The van der Waals surface area contributed by atoms with Gasteiger partial charge in [0.1, 0.15) is 12.4 Å². The Kier molecular flexibility index (Phi) is 3.96. The number of carbonyl (C=O) groups is 1. The lowest BCUT2D eigenvalue weighted by Gasteiger charge is -2.08. The molecule has 4 nitrogen and oxygen atoms in total. The molecule has 0 atom stereocenters. The van der Waals surface area contributed by atoms with Crippen LogP contribution in [0.15, 0.2) is 59.3 Å². The van der Waals surface area contributed by atoms with Gasteiger partial charge in [-0.2, -0.15) is 0 Å². The summed E-state index contributed by atoms with van der Waals surface area (Å²) < 4.78 is 24.8. The molecule has 0 saturated heterocycles. The number of hydrogen-bond acceptors (Lipinski definition) is 4. The number of aromatic nitrogens is 1. The number of nitrogens with zero attached hydrogens (tertiary/aromatic N) is 1. The smallest absolute Gasteiger partial charge is 0.185 e. The molecule has 22 heavy (non-hydrogen) atoms. The molecule has 3 rings (SSSR count). The van der Waals surface area contributed by atoms with Crippen LogP contribution < -0.4 is 4.74 Å². The number of furan rings is 1. The summed E-state index contributed by atoms with van der Waals surface area (Å²) in [6, 6.07) is 11.3. The van der Waals surface area contributed by atoms with Crippen molar-refractivity contribution in [3.63, 3.8) is 0 Å². The first-order chi connectivity index (χ1) is 10.8. The number of hydrogen-bond donors (Lipinski definition) is 0. The van der Waals surface area contributed by atoms with Gasteiger partial charge in [-0.3, -0.25) is 9.78 Å². The highest BCUT2D eigenvalue weighted by Gasteiger charge is 2.09. The molecule has 2 heterocycles. The fraction of sp³-hybridized carbons (Fsp3) is 0.0588. The Hall–Kier alpha value is -2.95. The van der Waals surface area contributed by atoms with Gasteiger partial charge in [0.25, 0.3) is 0 Å². The highest BCUT2D eigenvalue weighted by Crippen LogP contribution is 2.27. The van der Waals surface area contributed by atoms with E-state index in [1.807, 2.05) is 6.07 Å². The maximum atomic E-state index is 14.1. The molecule has 1 aromatic carbocycles. The van der Waals surface area contributed by atoms with Gasteiger partial charge >= 0.3 is 0 Å². The third-order valence-corrected chi connectivity index (χ3v) is 3.08.